The molecule has 1 aromatic heterocycles. The zero-order chi connectivity index (χ0) is 21.0. The second kappa shape index (κ2) is 8.96. The van der Waals surface area contributed by atoms with Gasteiger partial charge in [0.15, 0.2) is 0 Å². The molecule has 9 heteroatoms. The first-order valence-corrected chi connectivity index (χ1v) is 11.3. The number of sulfonamides is 1. The normalized spacial score (nSPS) is 18.0. The number of methoxy groups -OCH3 is 1. The Bertz CT molecular complexity index is 971. The first-order chi connectivity index (χ1) is 13.8. The van der Waals surface area contributed by atoms with Crippen molar-refractivity contribution in [2.45, 2.75) is 57.1 Å². The summed E-state index contributed by atoms with van der Waals surface area (Å²) in [6, 6.07) is 7.33. The summed E-state index contributed by atoms with van der Waals surface area (Å²) in [5.41, 5.74) is 1.46. The smallest absolute Gasteiger partial charge is 0.244 e. The minimum atomic E-state index is -3.68. The van der Waals surface area contributed by atoms with E-state index in [2.05, 4.69) is 9.82 Å². The standard InChI is InChI=1S/C20H28N4O4S/c1-4-24-14-19(15(2)21-24)29(26,27)22-17-8-9-20(25)23(11-10-17)13-16-6-5-7-18(12-16)28-3/h5-7,12,14,17,22H,4,8-11,13H2,1-3H3. The lowest BCUT2D eigenvalue weighted by atomic mass is 10.1. The van der Waals surface area contributed by atoms with Crippen molar-refractivity contribution in [1.82, 2.24) is 19.4 Å². The summed E-state index contributed by atoms with van der Waals surface area (Å²) >= 11 is 0. The van der Waals surface area contributed by atoms with E-state index < -0.39 is 10.0 Å². The minimum Gasteiger partial charge on any atom is -0.497 e. The Kier molecular flexibility index (Phi) is 6.59. The molecule has 0 aliphatic carbocycles. The fourth-order valence-electron chi connectivity index (χ4n) is 3.52. The Balaban J connectivity index is 1.66. The number of aryl methyl sites for hydroxylation is 2. The van der Waals surface area contributed by atoms with E-state index in [4.69, 9.17) is 4.74 Å². The van der Waals surface area contributed by atoms with Crippen LogP contribution in [0.2, 0.25) is 0 Å². The Morgan fingerprint density at radius 1 is 1.31 bits per heavy atom. The maximum Gasteiger partial charge on any atom is 0.244 e. The van der Waals surface area contributed by atoms with Crippen LogP contribution in [0.25, 0.3) is 0 Å². The third-order valence-electron chi connectivity index (χ3n) is 5.15. The van der Waals surface area contributed by atoms with Crippen molar-refractivity contribution in [3.63, 3.8) is 0 Å². The SMILES string of the molecule is CCn1cc(S(=O)(=O)NC2CCC(=O)N(Cc3cccc(OC)c3)CC2)c(C)n1. The third kappa shape index (κ3) is 5.16. The Hall–Kier alpha value is -2.39. The first kappa shape index (κ1) is 21.3. The molecule has 1 atom stereocenters. The lowest BCUT2D eigenvalue weighted by Crippen LogP contribution is -2.36. The number of rotatable bonds is 7. The van der Waals surface area contributed by atoms with Gasteiger partial charge in [0.05, 0.1) is 12.8 Å². The van der Waals surface area contributed by atoms with Gasteiger partial charge in [-0.2, -0.15) is 5.10 Å². The molecule has 1 aliphatic rings. The van der Waals surface area contributed by atoms with Crippen LogP contribution in [0.15, 0.2) is 35.4 Å². The number of carbonyl (C=O) groups excluding carboxylic acids is 1. The van der Waals surface area contributed by atoms with Crippen LogP contribution in [-0.2, 0) is 27.9 Å². The molecule has 1 aliphatic heterocycles. The van der Waals surface area contributed by atoms with Gasteiger partial charge >= 0.3 is 0 Å². The van der Waals surface area contributed by atoms with Crippen LogP contribution in [0.1, 0.15) is 37.4 Å². The first-order valence-electron chi connectivity index (χ1n) is 9.79. The fourth-order valence-corrected chi connectivity index (χ4v) is 5.01. The van der Waals surface area contributed by atoms with Gasteiger partial charge in [-0.25, -0.2) is 13.1 Å². The van der Waals surface area contributed by atoms with Gasteiger partial charge in [0, 0.05) is 38.3 Å². The highest BCUT2D eigenvalue weighted by atomic mass is 32.2. The van der Waals surface area contributed by atoms with Gasteiger partial charge in [0.25, 0.3) is 0 Å². The second-order valence-electron chi connectivity index (χ2n) is 7.25. The van der Waals surface area contributed by atoms with Gasteiger partial charge in [-0.05, 0) is 44.4 Å². The molecular formula is C20H28N4O4S. The van der Waals surface area contributed by atoms with Gasteiger partial charge in [-0.3, -0.25) is 9.48 Å². The van der Waals surface area contributed by atoms with Gasteiger partial charge in [0.1, 0.15) is 10.6 Å². The van der Waals surface area contributed by atoms with Gasteiger partial charge < -0.3 is 9.64 Å². The molecule has 2 aromatic rings. The highest BCUT2D eigenvalue weighted by Crippen LogP contribution is 2.20. The summed E-state index contributed by atoms with van der Waals surface area (Å²) in [5.74, 6) is 0.780. The van der Waals surface area contributed by atoms with E-state index in [9.17, 15) is 13.2 Å². The van der Waals surface area contributed by atoms with E-state index in [0.29, 0.717) is 44.6 Å². The number of nitrogens with one attached hydrogen (secondary N) is 1. The number of likely N-dealkylation sites (tertiary alicyclic amines) is 1. The number of amides is 1. The Labute approximate surface area is 171 Å². The molecule has 0 radical (unpaired) electrons. The average Bonchev–Trinajstić information content (AvgIpc) is 3.02. The predicted molar refractivity (Wildman–Crippen MR) is 109 cm³/mol. The quantitative estimate of drug-likeness (QED) is 0.740. The zero-order valence-electron chi connectivity index (χ0n) is 17.1. The van der Waals surface area contributed by atoms with E-state index in [1.54, 1.807) is 29.8 Å². The lowest BCUT2D eigenvalue weighted by Gasteiger charge is -2.21. The average molecular weight is 421 g/mol. The summed E-state index contributed by atoms with van der Waals surface area (Å²) in [4.78, 5) is 14.5. The largest absolute Gasteiger partial charge is 0.497 e. The maximum atomic E-state index is 12.8. The van der Waals surface area contributed by atoms with Crippen molar-refractivity contribution in [1.29, 1.82) is 0 Å². The van der Waals surface area contributed by atoms with E-state index in [1.807, 2.05) is 31.2 Å². The zero-order valence-corrected chi connectivity index (χ0v) is 17.9. The lowest BCUT2D eigenvalue weighted by molar-refractivity contribution is -0.131. The monoisotopic (exact) mass is 420 g/mol. The van der Waals surface area contributed by atoms with Crippen molar-refractivity contribution < 1.29 is 17.9 Å². The molecule has 1 saturated heterocycles. The van der Waals surface area contributed by atoms with Crippen molar-refractivity contribution >= 4 is 15.9 Å². The third-order valence-corrected chi connectivity index (χ3v) is 6.77. The number of aromatic nitrogens is 2. The van der Waals surface area contributed by atoms with Crippen LogP contribution in [-0.4, -0.2) is 48.7 Å². The summed E-state index contributed by atoms with van der Waals surface area (Å²) in [6.45, 7) is 5.18. The van der Waals surface area contributed by atoms with Crippen LogP contribution < -0.4 is 9.46 Å². The molecule has 2 heterocycles. The maximum absolute atomic E-state index is 12.8. The number of nitrogens with zero attached hydrogens (tertiary/aromatic N) is 3. The van der Waals surface area contributed by atoms with E-state index >= 15 is 0 Å². The molecule has 29 heavy (non-hydrogen) atoms. The molecule has 1 N–H and O–H groups in total. The molecular weight excluding hydrogens is 392 g/mol. The number of benzene rings is 1. The second-order valence-corrected chi connectivity index (χ2v) is 8.93. The van der Waals surface area contributed by atoms with Crippen LogP contribution >= 0.6 is 0 Å². The molecule has 8 nitrogen and oxygen atoms in total. The van der Waals surface area contributed by atoms with Crippen LogP contribution in [0.4, 0.5) is 0 Å². The van der Waals surface area contributed by atoms with Gasteiger partial charge in [0.2, 0.25) is 15.9 Å². The van der Waals surface area contributed by atoms with Crippen LogP contribution in [0, 0.1) is 6.92 Å². The van der Waals surface area contributed by atoms with Gasteiger partial charge in [-0.1, -0.05) is 12.1 Å². The number of ether oxygens (including phenoxy) is 1. The molecule has 1 unspecified atom stereocenters. The van der Waals surface area contributed by atoms with Crippen molar-refractivity contribution in [3.8, 4) is 5.75 Å². The van der Waals surface area contributed by atoms with Crippen molar-refractivity contribution in [2.24, 2.45) is 0 Å². The number of hydrogen-bond acceptors (Lipinski definition) is 5. The van der Waals surface area contributed by atoms with E-state index in [1.165, 1.54) is 0 Å². The minimum absolute atomic E-state index is 0.0319. The van der Waals surface area contributed by atoms with Crippen molar-refractivity contribution in [2.75, 3.05) is 13.7 Å². The van der Waals surface area contributed by atoms with Crippen LogP contribution in [0.5, 0.6) is 5.75 Å². The summed E-state index contributed by atoms with van der Waals surface area (Å²) in [5, 5.41) is 4.22. The summed E-state index contributed by atoms with van der Waals surface area (Å²) in [7, 11) is -2.07. The molecule has 0 bridgehead atoms. The summed E-state index contributed by atoms with van der Waals surface area (Å²) in [6.07, 6.45) is 2.91. The number of hydrogen-bond donors (Lipinski definition) is 1. The fraction of sp³-hybridized carbons (Fsp3) is 0.500. The number of carbonyl (C=O) groups is 1. The highest BCUT2D eigenvalue weighted by molar-refractivity contribution is 7.89. The predicted octanol–water partition coefficient (Wildman–Crippen LogP) is 2.08. The highest BCUT2D eigenvalue weighted by Gasteiger charge is 2.28. The van der Waals surface area contributed by atoms with Gasteiger partial charge in [-0.15, -0.1) is 0 Å². The molecule has 1 fully saturated rings. The van der Waals surface area contributed by atoms with E-state index in [0.717, 1.165) is 11.3 Å². The molecule has 3 rings (SSSR count). The molecule has 0 spiro atoms. The summed E-state index contributed by atoms with van der Waals surface area (Å²) < 4.78 is 35.2. The van der Waals surface area contributed by atoms with Crippen molar-refractivity contribution in [3.05, 3.63) is 41.7 Å². The Morgan fingerprint density at radius 2 is 2.10 bits per heavy atom. The molecule has 1 aromatic carbocycles. The van der Waals surface area contributed by atoms with Crippen LogP contribution in [0.3, 0.4) is 0 Å². The topological polar surface area (TPSA) is 93.5 Å². The Morgan fingerprint density at radius 3 is 2.79 bits per heavy atom. The molecule has 1 amide bonds. The molecule has 0 saturated carbocycles. The van der Waals surface area contributed by atoms with E-state index in [-0.39, 0.29) is 16.8 Å². The molecule has 158 valence electrons.